The summed E-state index contributed by atoms with van der Waals surface area (Å²) in [5.41, 5.74) is 2.60. The number of hydrogen-bond donors (Lipinski definition) is 1. The molecule has 0 saturated heterocycles. The van der Waals surface area contributed by atoms with E-state index < -0.39 is 5.56 Å². The minimum absolute atomic E-state index is 0.110. The molecule has 0 spiro atoms. The average molecular weight is 305 g/mol. The van der Waals surface area contributed by atoms with Crippen molar-refractivity contribution < 1.29 is 4.74 Å². The lowest BCUT2D eigenvalue weighted by molar-refractivity contribution is 0.415. The Hall–Kier alpha value is -3.26. The molecule has 0 aliphatic heterocycles. The normalized spacial score (nSPS) is 10.3. The zero-order valence-electron chi connectivity index (χ0n) is 12.8. The number of nitrogens with zero attached hydrogens (tertiary/aromatic N) is 2. The first-order valence-corrected chi connectivity index (χ1v) is 7.07. The highest BCUT2D eigenvalue weighted by atomic mass is 16.5. The molecule has 5 heteroatoms. The first-order chi connectivity index (χ1) is 11.1. The lowest BCUT2D eigenvalue weighted by atomic mass is 10.0. The fourth-order valence-corrected chi connectivity index (χ4v) is 2.56. The van der Waals surface area contributed by atoms with Gasteiger partial charge in [-0.1, -0.05) is 12.1 Å². The molecule has 0 aliphatic carbocycles. The number of aromatic nitrogens is 2. The van der Waals surface area contributed by atoms with Crippen molar-refractivity contribution in [3.8, 4) is 34.3 Å². The van der Waals surface area contributed by atoms with Crippen molar-refractivity contribution in [3.63, 3.8) is 0 Å². The fraction of sp³-hybridized carbons (Fsp3) is 0.111. The van der Waals surface area contributed by atoms with Crippen LogP contribution in [0.3, 0.4) is 0 Å². The number of pyridine rings is 1. The third-order valence-corrected chi connectivity index (χ3v) is 3.75. The van der Waals surface area contributed by atoms with Gasteiger partial charge in [-0.25, -0.2) is 0 Å². The van der Waals surface area contributed by atoms with Crippen molar-refractivity contribution in [1.82, 2.24) is 9.55 Å². The van der Waals surface area contributed by atoms with Gasteiger partial charge in [0.05, 0.1) is 7.11 Å². The highest BCUT2D eigenvalue weighted by Crippen LogP contribution is 2.27. The Bertz CT molecular complexity index is 961. The van der Waals surface area contributed by atoms with E-state index in [-0.39, 0.29) is 5.56 Å². The van der Waals surface area contributed by atoms with Gasteiger partial charge in [0.25, 0.3) is 5.56 Å². The second kappa shape index (κ2) is 5.85. The number of ether oxygens (including phenoxy) is 1. The summed E-state index contributed by atoms with van der Waals surface area (Å²) in [6.45, 7) is 0. The second-order valence-electron chi connectivity index (χ2n) is 5.15. The molecule has 23 heavy (non-hydrogen) atoms. The largest absolute Gasteiger partial charge is 0.497 e. The minimum atomic E-state index is -0.399. The average Bonchev–Trinajstić information content (AvgIpc) is 3.00. The van der Waals surface area contributed by atoms with Gasteiger partial charge in [0, 0.05) is 35.8 Å². The maximum absolute atomic E-state index is 12.3. The predicted molar refractivity (Wildman–Crippen MR) is 88.2 cm³/mol. The molecule has 3 rings (SSSR count). The van der Waals surface area contributed by atoms with E-state index in [0.29, 0.717) is 17.0 Å². The Balaban J connectivity index is 2.25. The van der Waals surface area contributed by atoms with Crippen LogP contribution in [0.15, 0.2) is 53.5 Å². The van der Waals surface area contributed by atoms with Crippen LogP contribution >= 0.6 is 0 Å². The van der Waals surface area contributed by atoms with E-state index in [1.165, 1.54) is 0 Å². The quantitative estimate of drug-likeness (QED) is 0.808. The molecule has 1 N–H and O–H groups in total. The highest BCUT2D eigenvalue weighted by molar-refractivity contribution is 5.74. The van der Waals surface area contributed by atoms with Crippen molar-refractivity contribution in [3.05, 3.63) is 64.6 Å². The number of aromatic amines is 1. The Morgan fingerprint density at radius 2 is 2.04 bits per heavy atom. The van der Waals surface area contributed by atoms with Gasteiger partial charge in [0.15, 0.2) is 0 Å². The standard InChI is InChI=1S/C18H15N3O2/c1-21-8-4-7-17(21)14-10-16(20-18(22)15(14)11-19)12-5-3-6-13(9-12)23-2/h3-10H,1-2H3,(H,20,22). The highest BCUT2D eigenvalue weighted by Gasteiger charge is 2.14. The number of hydrogen-bond acceptors (Lipinski definition) is 3. The van der Waals surface area contributed by atoms with Crippen LogP contribution in [-0.2, 0) is 7.05 Å². The van der Waals surface area contributed by atoms with E-state index in [1.54, 1.807) is 7.11 Å². The Morgan fingerprint density at radius 3 is 2.70 bits per heavy atom. The topological polar surface area (TPSA) is 70.8 Å². The van der Waals surface area contributed by atoms with Crippen molar-refractivity contribution in [1.29, 1.82) is 5.26 Å². The van der Waals surface area contributed by atoms with Crippen molar-refractivity contribution in [2.75, 3.05) is 7.11 Å². The van der Waals surface area contributed by atoms with Crippen LogP contribution in [-0.4, -0.2) is 16.7 Å². The molecular weight excluding hydrogens is 290 g/mol. The first-order valence-electron chi connectivity index (χ1n) is 7.07. The summed E-state index contributed by atoms with van der Waals surface area (Å²) in [7, 11) is 3.47. The predicted octanol–water partition coefficient (Wildman–Crippen LogP) is 2.93. The van der Waals surface area contributed by atoms with Gasteiger partial charge >= 0.3 is 0 Å². The first kappa shape index (κ1) is 14.7. The van der Waals surface area contributed by atoms with E-state index in [1.807, 2.05) is 66.3 Å². The minimum Gasteiger partial charge on any atom is -0.497 e. The van der Waals surface area contributed by atoms with E-state index >= 15 is 0 Å². The molecule has 0 radical (unpaired) electrons. The number of nitrogens with one attached hydrogen (secondary N) is 1. The van der Waals surface area contributed by atoms with Gasteiger partial charge in [0.2, 0.25) is 0 Å². The van der Waals surface area contributed by atoms with Crippen molar-refractivity contribution >= 4 is 0 Å². The summed E-state index contributed by atoms with van der Waals surface area (Å²) in [5.74, 6) is 0.702. The molecule has 0 atom stereocenters. The van der Waals surface area contributed by atoms with Crippen LogP contribution in [0.5, 0.6) is 5.75 Å². The maximum atomic E-state index is 12.3. The number of aryl methyl sites for hydroxylation is 1. The molecule has 3 aromatic rings. The molecule has 1 aromatic carbocycles. The smallest absolute Gasteiger partial charge is 0.267 e. The van der Waals surface area contributed by atoms with E-state index in [9.17, 15) is 10.1 Å². The third kappa shape index (κ3) is 2.62. The summed E-state index contributed by atoms with van der Waals surface area (Å²) in [5, 5.41) is 9.33. The van der Waals surface area contributed by atoms with Gasteiger partial charge in [-0.3, -0.25) is 4.79 Å². The van der Waals surface area contributed by atoms with Crippen LogP contribution in [0.25, 0.3) is 22.5 Å². The Labute approximate surface area is 133 Å². The fourth-order valence-electron chi connectivity index (χ4n) is 2.56. The van der Waals surface area contributed by atoms with E-state index in [0.717, 1.165) is 11.3 Å². The molecule has 5 nitrogen and oxygen atoms in total. The number of rotatable bonds is 3. The number of benzene rings is 1. The molecule has 2 aromatic heterocycles. The number of H-pyrrole nitrogens is 1. The van der Waals surface area contributed by atoms with E-state index in [2.05, 4.69) is 4.98 Å². The molecule has 2 heterocycles. The van der Waals surface area contributed by atoms with Gasteiger partial charge in [-0.15, -0.1) is 0 Å². The van der Waals surface area contributed by atoms with Crippen LogP contribution in [0, 0.1) is 11.3 Å². The Kier molecular flexibility index (Phi) is 3.73. The lowest BCUT2D eigenvalue weighted by Crippen LogP contribution is -2.13. The Morgan fingerprint density at radius 1 is 1.22 bits per heavy atom. The number of methoxy groups -OCH3 is 1. The summed E-state index contributed by atoms with van der Waals surface area (Å²) in [6, 6.07) is 15.0. The van der Waals surface area contributed by atoms with Crippen LogP contribution in [0.1, 0.15) is 5.56 Å². The van der Waals surface area contributed by atoms with E-state index in [4.69, 9.17) is 4.74 Å². The summed E-state index contributed by atoms with van der Waals surface area (Å²) in [4.78, 5) is 15.1. The second-order valence-corrected chi connectivity index (χ2v) is 5.15. The summed E-state index contributed by atoms with van der Waals surface area (Å²) >= 11 is 0. The van der Waals surface area contributed by atoms with Crippen LogP contribution < -0.4 is 10.3 Å². The van der Waals surface area contributed by atoms with Crippen LogP contribution in [0.4, 0.5) is 0 Å². The molecule has 114 valence electrons. The van der Waals surface area contributed by atoms with Gasteiger partial charge in [-0.2, -0.15) is 5.26 Å². The summed E-state index contributed by atoms with van der Waals surface area (Å²) in [6.07, 6.45) is 1.88. The van der Waals surface area contributed by atoms with Gasteiger partial charge in [0.1, 0.15) is 17.4 Å². The lowest BCUT2D eigenvalue weighted by Gasteiger charge is -2.10. The molecule has 0 saturated carbocycles. The van der Waals surface area contributed by atoms with Gasteiger partial charge < -0.3 is 14.3 Å². The van der Waals surface area contributed by atoms with Crippen molar-refractivity contribution in [2.45, 2.75) is 0 Å². The van der Waals surface area contributed by atoms with Gasteiger partial charge in [-0.05, 0) is 30.3 Å². The molecule has 0 aliphatic rings. The third-order valence-electron chi connectivity index (χ3n) is 3.75. The SMILES string of the molecule is COc1cccc(-c2cc(-c3cccn3C)c(C#N)c(=O)[nH]2)c1. The molecular formula is C18H15N3O2. The molecule has 0 unspecified atom stereocenters. The monoisotopic (exact) mass is 305 g/mol. The zero-order chi connectivity index (χ0) is 16.4. The number of nitriles is 1. The molecule has 0 fully saturated rings. The van der Waals surface area contributed by atoms with Crippen molar-refractivity contribution in [2.24, 2.45) is 7.05 Å². The summed E-state index contributed by atoms with van der Waals surface area (Å²) < 4.78 is 7.10. The molecule has 0 amide bonds. The zero-order valence-corrected chi connectivity index (χ0v) is 12.8. The van der Waals surface area contributed by atoms with Crippen LogP contribution in [0.2, 0.25) is 0 Å². The molecule has 0 bridgehead atoms. The maximum Gasteiger partial charge on any atom is 0.267 e.